The topological polar surface area (TPSA) is 87.4 Å². The number of rotatable bonds is 4. The maximum absolute atomic E-state index is 4.86. The number of aryl methyl sites for hydroxylation is 1. The summed E-state index contributed by atoms with van der Waals surface area (Å²) in [4.78, 5) is 23.4. The van der Waals surface area contributed by atoms with Gasteiger partial charge in [-0.25, -0.2) is 19.5 Å². The molecule has 1 aliphatic heterocycles. The first-order valence-corrected chi connectivity index (χ1v) is 11.7. The summed E-state index contributed by atoms with van der Waals surface area (Å²) < 4.78 is 2.89. The Bertz CT molecular complexity index is 1450. The molecule has 1 fully saturated rings. The number of hydrogen-bond donors (Lipinski definition) is 1. The molecule has 5 aromatic heterocycles. The van der Waals surface area contributed by atoms with Crippen molar-refractivity contribution in [3.8, 4) is 10.6 Å². The monoisotopic (exact) mass is 457 g/mol. The molecule has 0 atom stereocenters. The second-order valence-electron chi connectivity index (χ2n) is 8.25. The molecular weight excluding hydrogens is 434 g/mol. The van der Waals surface area contributed by atoms with Gasteiger partial charge in [0.05, 0.1) is 27.5 Å². The van der Waals surface area contributed by atoms with Crippen molar-refractivity contribution in [1.29, 1.82) is 0 Å². The molecule has 0 saturated carbocycles. The quantitative estimate of drug-likeness (QED) is 0.438. The van der Waals surface area contributed by atoms with Crippen LogP contribution in [-0.4, -0.2) is 67.7 Å². The fraction of sp³-hybridized carbons (Fsp3) is 0.261. The SMILES string of the molecule is Cc1cc(Nc2cc3nc(-c4cnn5ccccc45)sc3cn2)nc(N2CCN(C)CC2)n1. The largest absolute Gasteiger partial charge is 0.338 e. The van der Waals surface area contributed by atoms with E-state index in [0.29, 0.717) is 5.82 Å². The first-order valence-electron chi connectivity index (χ1n) is 10.9. The van der Waals surface area contributed by atoms with Crippen LogP contribution in [0.5, 0.6) is 0 Å². The third-order valence-electron chi connectivity index (χ3n) is 5.82. The van der Waals surface area contributed by atoms with E-state index in [1.165, 1.54) is 0 Å². The molecule has 0 aromatic carbocycles. The third kappa shape index (κ3) is 3.87. The molecule has 0 spiro atoms. The van der Waals surface area contributed by atoms with E-state index in [4.69, 9.17) is 9.97 Å². The van der Waals surface area contributed by atoms with Crippen LogP contribution in [0.1, 0.15) is 5.69 Å². The van der Waals surface area contributed by atoms with Gasteiger partial charge in [0.2, 0.25) is 5.95 Å². The van der Waals surface area contributed by atoms with Crippen LogP contribution in [0.3, 0.4) is 0 Å². The number of thiazole rings is 1. The summed E-state index contributed by atoms with van der Waals surface area (Å²) in [5.74, 6) is 2.21. The zero-order chi connectivity index (χ0) is 22.4. The van der Waals surface area contributed by atoms with Gasteiger partial charge in [-0.2, -0.15) is 10.1 Å². The molecule has 166 valence electrons. The van der Waals surface area contributed by atoms with Crippen LogP contribution < -0.4 is 10.2 Å². The lowest BCUT2D eigenvalue weighted by atomic mass is 10.3. The van der Waals surface area contributed by atoms with E-state index in [1.807, 2.05) is 54.3 Å². The number of pyridine rings is 2. The minimum Gasteiger partial charge on any atom is -0.338 e. The molecule has 10 heteroatoms. The number of anilines is 3. The number of hydrogen-bond acceptors (Lipinski definition) is 9. The highest BCUT2D eigenvalue weighted by molar-refractivity contribution is 7.21. The van der Waals surface area contributed by atoms with E-state index in [2.05, 4.69) is 43.3 Å². The van der Waals surface area contributed by atoms with Gasteiger partial charge in [-0.05, 0) is 26.1 Å². The van der Waals surface area contributed by atoms with Gasteiger partial charge in [0.1, 0.15) is 16.6 Å². The molecule has 6 rings (SSSR count). The minimum atomic E-state index is 0.710. The van der Waals surface area contributed by atoms with Crippen LogP contribution in [-0.2, 0) is 0 Å². The van der Waals surface area contributed by atoms with Gasteiger partial charge in [-0.3, -0.25) is 0 Å². The van der Waals surface area contributed by atoms with Crippen molar-refractivity contribution < 1.29 is 0 Å². The second-order valence-corrected chi connectivity index (χ2v) is 9.29. The lowest BCUT2D eigenvalue weighted by molar-refractivity contribution is 0.311. The van der Waals surface area contributed by atoms with Crippen molar-refractivity contribution in [3.63, 3.8) is 0 Å². The number of likely N-dealkylation sites (N-methyl/N-ethyl adjacent to an activating group) is 1. The van der Waals surface area contributed by atoms with E-state index in [1.54, 1.807) is 11.3 Å². The van der Waals surface area contributed by atoms with Crippen LogP contribution in [0.2, 0.25) is 0 Å². The Morgan fingerprint density at radius 1 is 0.970 bits per heavy atom. The Balaban J connectivity index is 1.28. The van der Waals surface area contributed by atoms with Crippen LogP contribution in [0.4, 0.5) is 17.6 Å². The van der Waals surface area contributed by atoms with E-state index in [9.17, 15) is 0 Å². The number of fused-ring (bicyclic) bond motifs is 2. The van der Waals surface area contributed by atoms with Crippen LogP contribution in [0.25, 0.3) is 26.3 Å². The van der Waals surface area contributed by atoms with Crippen LogP contribution >= 0.6 is 11.3 Å². The Kier molecular flexibility index (Phi) is 4.88. The summed E-state index contributed by atoms with van der Waals surface area (Å²) in [5.41, 5.74) is 3.88. The van der Waals surface area contributed by atoms with E-state index >= 15 is 0 Å². The van der Waals surface area contributed by atoms with Crippen molar-refractivity contribution in [2.75, 3.05) is 43.4 Å². The predicted octanol–water partition coefficient (Wildman–Crippen LogP) is 3.60. The Morgan fingerprint density at radius 2 is 1.85 bits per heavy atom. The summed E-state index contributed by atoms with van der Waals surface area (Å²) in [7, 11) is 2.14. The molecule has 0 bridgehead atoms. The molecule has 33 heavy (non-hydrogen) atoms. The summed E-state index contributed by atoms with van der Waals surface area (Å²) in [6.45, 7) is 5.86. The average molecular weight is 458 g/mol. The number of nitrogens with zero attached hydrogens (tertiary/aromatic N) is 8. The van der Waals surface area contributed by atoms with Crippen molar-refractivity contribution in [3.05, 3.63) is 54.6 Å². The highest BCUT2D eigenvalue weighted by atomic mass is 32.1. The third-order valence-corrected chi connectivity index (χ3v) is 6.86. The second kappa shape index (κ2) is 8.05. The molecule has 1 saturated heterocycles. The zero-order valence-electron chi connectivity index (χ0n) is 18.4. The highest BCUT2D eigenvalue weighted by Crippen LogP contribution is 2.33. The van der Waals surface area contributed by atoms with Gasteiger partial charge in [-0.15, -0.1) is 11.3 Å². The van der Waals surface area contributed by atoms with E-state index < -0.39 is 0 Å². The van der Waals surface area contributed by atoms with Crippen molar-refractivity contribution in [2.45, 2.75) is 6.92 Å². The van der Waals surface area contributed by atoms with Crippen LogP contribution in [0.15, 0.2) is 48.9 Å². The van der Waals surface area contributed by atoms with Crippen molar-refractivity contribution in [2.24, 2.45) is 0 Å². The lowest BCUT2D eigenvalue weighted by Gasteiger charge is -2.32. The van der Waals surface area contributed by atoms with Gasteiger partial charge >= 0.3 is 0 Å². The van der Waals surface area contributed by atoms with E-state index in [0.717, 1.165) is 69.9 Å². The Labute approximate surface area is 194 Å². The molecule has 9 nitrogen and oxygen atoms in total. The Morgan fingerprint density at radius 3 is 2.73 bits per heavy atom. The van der Waals surface area contributed by atoms with E-state index in [-0.39, 0.29) is 0 Å². The molecule has 5 aromatic rings. The first kappa shape index (κ1) is 20.0. The van der Waals surface area contributed by atoms with Gasteiger partial charge < -0.3 is 15.1 Å². The lowest BCUT2D eigenvalue weighted by Crippen LogP contribution is -2.45. The fourth-order valence-corrected chi connectivity index (χ4v) is 4.95. The summed E-state index contributed by atoms with van der Waals surface area (Å²) in [6.07, 6.45) is 5.67. The van der Waals surface area contributed by atoms with Crippen LogP contribution in [0, 0.1) is 6.92 Å². The zero-order valence-corrected chi connectivity index (χ0v) is 19.2. The normalized spacial score (nSPS) is 14.9. The number of piperazine rings is 1. The number of nitrogens with one attached hydrogen (secondary N) is 1. The average Bonchev–Trinajstić information content (AvgIpc) is 3.43. The summed E-state index contributed by atoms with van der Waals surface area (Å²) >= 11 is 1.62. The summed E-state index contributed by atoms with van der Waals surface area (Å²) in [6, 6.07) is 9.94. The molecule has 6 heterocycles. The smallest absolute Gasteiger partial charge is 0.227 e. The van der Waals surface area contributed by atoms with Gasteiger partial charge in [-0.1, -0.05) is 6.07 Å². The molecule has 0 amide bonds. The van der Waals surface area contributed by atoms with Crippen molar-refractivity contribution >= 4 is 44.7 Å². The van der Waals surface area contributed by atoms with Gasteiger partial charge in [0, 0.05) is 56.4 Å². The maximum Gasteiger partial charge on any atom is 0.227 e. The predicted molar refractivity (Wildman–Crippen MR) is 131 cm³/mol. The highest BCUT2D eigenvalue weighted by Gasteiger charge is 2.18. The molecule has 0 aliphatic carbocycles. The standard InChI is InChI=1S/C23H23N9S/c1-15-11-21(29-23(26-15)31-9-7-30(2)8-10-31)28-20-12-17-19(14-24-20)33-22(27-17)16-13-25-32-6-4-3-5-18(16)32/h3-6,11-14H,7-10H2,1-2H3,(H,24,26,28,29). The van der Waals surface area contributed by atoms with Crippen molar-refractivity contribution in [1.82, 2.24) is 34.4 Å². The number of aromatic nitrogens is 6. The van der Waals surface area contributed by atoms with Gasteiger partial charge in [0.25, 0.3) is 0 Å². The first-order chi connectivity index (χ1) is 16.1. The Hall–Kier alpha value is -3.63. The molecule has 0 radical (unpaired) electrons. The summed E-state index contributed by atoms with van der Waals surface area (Å²) in [5, 5.41) is 8.71. The molecule has 1 aliphatic rings. The molecule has 0 unspecified atom stereocenters. The fourth-order valence-electron chi connectivity index (χ4n) is 4.01. The maximum atomic E-state index is 4.86. The molecular formula is C23H23N9S. The molecule has 1 N–H and O–H groups in total. The van der Waals surface area contributed by atoms with Gasteiger partial charge in [0.15, 0.2) is 0 Å². The minimum absolute atomic E-state index is 0.710.